The summed E-state index contributed by atoms with van der Waals surface area (Å²) >= 11 is 0. The third kappa shape index (κ3) is 5.81. The molecule has 62 valence electrons. The third-order valence-electron chi connectivity index (χ3n) is 0.997. The summed E-state index contributed by atoms with van der Waals surface area (Å²) in [6.45, 7) is -0.337. The second kappa shape index (κ2) is 3.75. The van der Waals surface area contributed by atoms with Crippen molar-refractivity contribution in [3.05, 3.63) is 0 Å². The lowest BCUT2D eigenvalue weighted by atomic mass is 10.2. The van der Waals surface area contributed by atoms with Gasteiger partial charge in [0.1, 0.15) is 6.17 Å². The van der Waals surface area contributed by atoms with E-state index in [9.17, 15) is 17.6 Å². The minimum atomic E-state index is -4.26. The molecule has 0 aromatic heterocycles. The molecule has 5 heteroatoms. The predicted octanol–water partition coefficient (Wildman–Crippen LogP) is 1.63. The highest BCUT2D eigenvalue weighted by atomic mass is 19.4. The average Bonchev–Trinajstić information content (AvgIpc) is 1.81. The summed E-state index contributed by atoms with van der Waals surface area (Å²) in [6, 6.07) is 0. The maximum atomic E-state index is 12.0. The van der Waals surface area contributed by atoms with Crippen LogP contribution in [0.5, 0.6) is 0 Å². The second-order valence-electron chi connectivity index (χ2n) is 1.99. The molecule has 0 aliphatic carbocycles. The number of hydrogen-bond acceptors (Lipinski definition) is 1. The van der Waals surface area contributed by atoms with E-state index in [0.29, 0.717) is 0 Å². The van der Waals surface area contributed by atoms with Crippen LogP contribution >= 0.6 is 0 Å². The van der Waals surface area contributed by atoms with Crippen LogP contribution in [0.4, 0.5) is 17.6 Å². The number of hydrogen-bond donors (Lipinski definition) is 1. The van der Waals surface area contributed by atoms with Gasteiger partial charge in [-0.2, -0.15) is 13.2 Å². The Labute approximate surface area is 56.2 Å². The fourth-order valence-electron chi connectivity index (χ4n) is 0.438. The monoisotopic (exact) mass is 159 g/mol. The maximum absolute atomic E-state index is 12.0. The number of alkyl halides is 4. The highest BCUT2D eigenvalue weighted by Crippen LogP contribution is 2.22. The first-order valence-electron chi connectivity index (χ1n) is 2.86. The lowest BCUT2D eigenvalue weighted by molar-refractivity contribution is -0.137. The quantitative estimate of drug-likeness (QED) is 0.622. The van der Waals surface area contributed by atoms with E-state index in [1.54, 1.807) is 0 Å². The van der Waals surface area contributed by atoms with Gasteiger partial charge in [0, 0.05) is 13.0 Å². The van der Waals surface area contributed by atoms with Crippen molar-refractivity contribution in [2.75, 3.05) is 6.54 Å². The van der Waals surface area contributed by atoms with E-state index < -0.39 is 25.2 Å². The molecule has 0 aliphatic rings. The van der Waals surface area contributed by atoms with Crippen LogP contribution in [0.15, 0.2) is 0 Å². The van der Waals surface area contributed by atoms with Gasteiger partial charge in [0.25, 0.3) is 0 Å². The Morgan fingerprint density at radius 3 is 2.10 bits per heavy atom. The molecule has 0 radical (unpaired) electrons. The maximum Gasteiger partial charge on any atom is 0.389 e. The van der Waals surface area contributed by atoms with Crippen molar-refractivity contribution in [2.45, 2.75) is 25.2 Å². The van der Waals surface area contributed by atoms with E-state index in [0.717, 1.165) is 0 Å². The normalized spacial score (nSPS) is 15.3. The summed E-state index contributed by atoms with van der Waals surface area (Å²) in [6.07, 6.45) is -7.41. The predicted molar refractivity (Wildman–Crippen MR) is 29.2 cm³/mol. The molecule has 0 aliphatic heterocycles. The zero-order valence-corrected chi connectivity index (χ0v) is 5.29. The molecule has 0 aromatic rings. The molecule has 0 rings (SSSR count). The minimum Gasteiger partial charge on any atom is -0.328 e. The van der Waals surface area contributed by atoms with Gasteiger partial charge in [0.15, 0.2) is 0 Å². The lowest BCUT2D eigenvalue weighted by Crippen LogP contribution is -2.18. The number of nitrogens with two attached hydrogens (primary N) is 1. The fraction of sp³-hybridized carbons (Fsp3) is 1.00. The molecule has 1 unspecified atom stereocenters. The standard InChI is InChI=1S/C5H9F4N/c6-4(3-10)1-2-5(7,8)9/h4H,1-3,10H2. The summed E-state index contributed by atoms with van der Waals surface area (Å²) in [5.41, 5.74) is 4.76. The highest BCUT2D eigenvalue weighted by Gasteiger charge is 2.27. The van der Waals surface area contributed by atoms with Gasteiger partial charge in [0.05, 0.1) is 0 Å². The van der Waals surface area contributed by atoms with Crippen LogP contribution in [-0.2, 0) is 0 Å². The number of rotatable bonds is 3. The van der Waals surface area contributed by atoms with Gasteiger partial charge in [-0.05, 0) is 6.42 Å². The zero-order chi connectivity index (χ0) is 8.20. The van der Waals surface area contributed by atoms with Crippen molar-refractivity contribution in [1.29, 1.82) is 0 Å². The van der Waals surface area contributed by atoms with Gasteiger partial charge in [-0.1, -0.05) is 0 Å². The van der Waals surface area contributed by atoms with Crippen LogP contribution in [0.2, 0.25) is 0 Å². The van der Waals surface area contributed by atoms with Crippen LogP contribution in [-0.4, -0.2) is 18.9 Å². The van der Waals surface area contributed by atoms with E-state index in [1.807, 2.05) is 0 Å². The summed E-state index contributed by atoms with van der Waals surface area (Å²) in [4.78, 5) is 0. The molecule has 0 saturated heterocycles. The van der Waals surface area contributed by atoms with Crippen LogP contribution in [0.3, 0.4) is 0 Å². The van der Waals surface area contributed by atoms with Gasteiger partial charge in [-0.15, -0.1) is 0 Å². The molecule has 0 fully saturated rings. The summed E-state index contributed by atoms with van der Waals surface area (Å²) < 4.78 is 46.1. The molecule has 1 atom stereocenters. The Kier molecular flexibility index (Phi) is 3.63. The van der Waals surface area contributed by atoms with E-state index in [4.69, 9.17) is 5.73 Å². The van der Waals surface area contributed by atoms with Crippen LogP contribution in [0, 0.1) is 0 Å². The largest absolute Gasteiger partial charge is 0.389 e. The molecule has 0 saturated carbocycles. The molecular weight excluding hydrogens is 150 g/mol. The van der Waals surface area contributed by atoms with Crippen LogP contribution < -0.4 is 5.73 Å². The Morgan fingerprint density at radius 1 is 1.30 bits per heavy atom. The van der Waals surface area contributed by atoms with Crippen molar-refractivity contribution in [2.24, 2.45) is 5.73 Å². The molecule has 0 amide bonds. The van der Waals surface area contributed by atoms with Crippen LogP contribution in [0.1, 0.15) is 12.8 Å². The zero-order valence-electron chi connectivity index (χ0n) is 5.29. The lowest BCUT2D eigenvalue weighted by Gasteiger charge is -2.07. The Balaban J connectivity index is 3.36. The topological polar surface area (TPSA) is 26.0 Å². The van der Waals surface area contributed by atoms with E-state index in [2.05, 4.69) is 0 Å². The van der Waals surface area contributed by atoms with Gasteiger partial charge in [-0.3, -0.25) is 0 Å². The molecule has 0 heterocycles. The van der Waals surface area contributed by atoms with Crippen LogP contribution in [0.25, 0.3) is 0 Å². The molecule has 0 aromatic carbocycles. The Bertz CT molecular complexity index is 90.1. The minimum absolute atomic E-state index is 0.337. The Hall–Kier alpha value is -0.320. The summed E-state index contributed by atoms with van der Waals surface area (Å²) in [5.74, 6) is 0. The van der Waals surface area contributed by atoms with Crippen molar-refractivity contribution in [3.63, 3.8) is 0 Å². The molecule has 2 N–H and O–H groups in total. The summed E-state index contributed by atoms with van der Waals surface area (Å²) in [5, 5.41) is 0. The SMILES string of the molecule is NCC(F)CCC(F)(F)F. The van der Waals surface area contributed by atoms with Crippen molar-refractivity contribution in [3.8, 4) is 0 Å². The highest BCUT2D eigenvalue weighted by molar-refractivity contribution is 4.59. The Morgan fingerprint density at radius 2 is 1.80 bits per heavy atom. The number of halogens is 4. The molecular formula is C5H9F4N. The first kappa shape index (κ1) is 9.68. The summed E-state index contributed by atoms with van der Waals surface area (Å²) in [7, 11) is 0. The molecule has 0 bridgehead atoms. The fourth-order valence-corrected chi connectivity index (χ4v) is 0.438. The van der Waals surface area contributed by atoms with Crippen molar-refractivity contribution in [1.82, 2.24) is 0 Å². The van der Waals surface area contributed by atoms with E-state index >= 15 is 0 Å². The average molecular weight is 159 g/mol. The third-order valence-corrected chi connectivity index (χ3v) is 0.997. The first-order chi connectivity index (χ1) is 4.45. The second-order valence-corrected chi connectivity index (χ2v) is 1.99. The van der Waals surface area contributed by atoms with Crippen molar-refractivity contribution >= 4 is 0 Å². The van der Waals surface area contributed by atoms with Crippen molar-refractivity contribution < 1.29 is 17.6 Å². The van der Waals surface area contributed by atoms with E-state index in [1.165, 1.54) is 0 Å². The molecule has 1 nitrogen and oxygen atoms in total. The van der Waals surface area contributed by atoms with Gasteiger partial charge in [-0.25, -0.2) is 4.39 Å². The smallest absolute Gasteiger partial charge is 0.328 e. The van der Waals surface area contributed by atoms with Gasteiger partial charge in [0.2, 0.25) is 0 Å². The van der Waals surface area contributed by atoms with Gasteiger partial charge >= 0.3 is 6.18 Å². The molecule has 10 heavy (non-hydrogen) atoms. The van der Waals surface area contributed by atoms with Gasteiger partial charge < -0.3 is 5.73 Å². The first-order valence-corrected chi connectivity index (χ1v) is 2.86. The van der Waals surface area contributed by atoms with E-state index in [-0.39, 0.29) is 6.54 Å². The molecule has 0 spiro atoms.